The summed E-state index contributed by atoms with van der Waals surface area (Å²) in [6.07, 6.45) is 1.68. The van der Waals surface area contributed by atoms with Crippen LogP contribution in [0.5, 0.6) is 0 Å². The number of carbonyl (C=O) groups is 1. The Labute approximate surface area is 154 Å². The van der Waals surface area contributed by atoms with Crippen LogP contribution in [-0.2, 0) is 4.79 Å². The number of anilines is 2. The Morgan fingerprint density at radius 1 is 0.846 bits per heavy atom. The first-order valence-electron chi connectivity index (χ1n) is 8.77. The second-order valence-electron chi connectivity index (χ2n) is 6.47. The molecule has 0 atom stereocenters. The average molecular weight is 345 g/mol. The van der Waals surface area contributed by atoms with Crippen molar-refractivity contribution in [1.82, 2.24) is 4.98 Å². The van der Waals surface area contributed by atoms with Gasteiger partial charge in [-0.25, -0.2) is 4.98 Å². The van der Waals surface area contributed by atoms with Crippen molar-refractivity contribution in [1.29, 1.82) is 0 Å². The zero-order valence-corrected chi connectivity index (χ0v) is 15.0. The van der Waals surface area contributed by atoms with E-state index in [1.807, 2.05) is 72.8 Å². The molecule has 132 valence electrons. The van der Waals surface area contributed by atoms with E-state index < -0.39 is 0 Å². The Hall–Kier alpha value is -3.14. The topological polar surface area (TPSA) is 54.0 Å². The van der Waals surface area contributed by atoms with E-state index >= 15 is 0 Å². The molecule has 0 radical (unpaired) electrons. The van der Waals surface area contributed by atoms with Crippen LogP contribution in [0, 0.1) is 0 Å². The van der Waals surface area contributed by atoms with E-state index in [9.17, 15) is 4.79 Å². The first-order valence-corrected chi connectivity index (χ1v) is 8.77. The number of pyridine rings is 1. The van der Waals surface area contributed by atoms with Crippen LogP contribution < -0.4 is 10.6 Å². The normalized spacial score (nSPS) is 10.8. The third-order valence-corrected chi connectivity index (χ3v) is 4.00. The summed E-state index contributed by atoms with van der Waals surface area (Å²) in [6.45, 7) is 4.11. The van der Waals surface area contributed by atoms with Crippen molar-refractivity contribution in [2.24, 2.45) is 0 Å². The van der Waals surface area contributed by atoms with Gasteiger partial charge in [-0.3, -0.25) is 4.79 Å². The van der Waals surface area contributed by atoms with Crippen LogP contribution in [0.3, 0.4) is 0 Å². The minimum atomic E-state index is -0.370. The first-order chi connectivity index (χ1) is 12.6. The van der Waals surface area contributed by atoms with Gasteiger partial charge in [0.05, 0.1) is 17.8 Å². The molecule has 3 rings (SSSR count). The molecule has 0 saturated carbocycles. The Morgan fingerprint density at radius 2 is 1.42 bits per heavy atom. The number of hydrogen-bond acceptors (Lipinski definition) is 3. The summed E-state index contributed by atoms with van der Waals surface area (Å²) in [5.74, 6) is 0.348. The fourth-order valence-electron chi connectivity index (χ4n) is 2.85. The molecule has 4 heteroatoms. The summed E-state index contributed by atoms with van der Waals surface area (Å²) in [4.78, 5) is 17.4. The zero-order valence-electron chi connectivity index (χ0n) is 15.0. The molecule has 0 unspecified atom stereocenters. The van der Waals surface area contributed by atoms with Crippen molar-refractivity contribution < 1.29 is 4.79 Å². The lowest BCUT2D eigenvalue weighted by atomic mass is 9.90. The average Bonchev–Trinajstić information content (AvgIpc) is 2.65. The SMILES string of the molecule is CC(C)Nc1ccc(NC(=O)C(c2ccccc2)c2ccccc2)cn1. The Morgan fingerprint density at radius 3 is 1.88 bits per heavy atom. The molecule has 0 saturated heterocycles. The second-order valence-corrected chi connectivity index (χ2v) is 6.47. The number of nitrogens with zero attached hydrogens (tertiary/aromatic N) is 1. The lowest BCUT2D eigenvalue weighted by Gasteiger charge is -2.18. The van der Waals surface area contributed by atoms with E-state index in [2.05, 4.69) is 29.5 Å². The predicted molar refractivity (Wildman–Crippen MR) is 106 cm³/mol. The standard InChI is InChI=1S/C22H23N3O/c1-16(2)24-20-14-13-19(15-23-20)25-22(26)21(17-9-5-3-6-10-17)18-11-7-4-8-12-18/h3-16,21H,1-2H3,(H,23,24)(H,25,26). The van der Waals surface area contributed by atoms with Gasteiger partial charge in [-0.2, -0.15) is 0 Å². The van der Waals surface area contributed by atoms with Crippen LogP contribution in [-0.4, -0.2) is 16.9 Å². The van der Waals surface area contributed by atoms with Gasteiger partial charge in [-0.1, -0.05) is 60.7 Å². The molecule has 3 aromatic rings. The zero-order chi connectivity index (χ0) is 18.4. The smallest absolute Gasteiger partial charge is 0.236 e. The number of rotatable bonds is 6. The van der Waals surface area contributed by atoms with E-state index in [-0.39, 0.29) is 11.8 Å². The fourth-order valence-corrected chi connectivity index (χ4v) is 2.85. The molecular weight excluding hydrogens is 322 g/mol. The van der Waals surface area contributed by atoms with Gasteiger partial charge in [0, 0.05) is 6.04 Å². The van der Waals surface area contributed by atoms with Crippen LogP contribution in [0.2, 0.25) is 0 Å². The lowest BCUT2D eigenvalue weighted by Crippen LogP contribution is -2.22. The van der Waals surface area contributed by atoms with E-state index in [0.717, 1.165) is 16.9 Å². The molecule has 0 fully saturated rings. The summed E-state index contributed by atoms with van der Waals surface area (Å²) >= 11 is 0. The van der Waals surface area contributed by atoms with Gasteiger partial charge in [0.15, 0.2) is 0 Å². The highest BCUT2D eigenvalue weighted by molar-refractivity contribution is 5.98. The van der Waals surface area contributed by atoms with Gasteiger partial charge in [0.25, 0.3) is 0 Å². The van der Waals surface area contributed by atoms with Crippen molar-refractivity contribution in [2.45, 2.75) is 25.8 Å². The Bertz CT molecular complexity index is 791. The lowest BCUT2D eigenvalue weighted by molar-refractivity contribution is -0.116. The van der Waals surface area contributed by atoms with Crippen molar-refractivity contribution in [3.8, 4) is 0 Å². The molecule has 26 heavy (non-hydrogen) atoms. The number of aromatic nitrogens is 1. The van der Waals surface area contributed by atoms with Gasteiger partial charge in [-0.15, -0.1) is 0 Å². The molecule has 2 aromatic carbocycles. The van der Waals surface area contributed by atoms with Crippen LogP contribution in [0.1, 0.15) is 30.9 Å². The highest BCUT2D eigenvalue weighted by Gasteiger charge is 2.22. The van der Waals surface area contributed by atoms with Gasteiger partial charge in [0.1, 0.15) is 5.82 Å². The largest absolute Gasteiger partial charge is 0.368 e. The molecule has 1 amide bonds. The number of hydrogen-bond donors (Lipinski definition) is 2. The summed E-state index contributed by atoms with van der Waals surface area (Å²) in [6, 6.07) is 23.7. The van der Waals surface area contributed by atoms with Crippen molar-refractivity contribution in [3.05, 3.63) is 90.1 Å². The summed E-state index contributed by atoms with van der Waals surface area (Å²) < 4.78 is 0. The number of carbonyl (C=O) groups excluding carboxylic acids is 1. The molecule has 4 nitrogen and oxygen atoms in total. The molecule has 0 aliphatic heterocycles. The monoisotopic (exact) mass is 345 g/mol. The molecule has 0 bridgehead atoms. The quantitative estimate of drug-likeness (QED) is 0.682. The van der Waals surface area contributed by atoms with Crippen LogP contribution >= 0.6 is 0 Å². The number of benzene rings is 2. The van der Waals surface area contributed by atoms with E-state index in [0.29, 0.717) is 11.7 Å². The minimum Gasteiger partial charge on any atom is -0.368 e. The van der Waals surface area contributed by atoms with Crippen LogP contribution in [0.15, 0.2) is 79.0 Å². The van der Waals surface area contributed by atoms with Crippen molar-refractivity contribution in [3.63, 3.8) is 0 Å². The fraction of sp³-hybridized carbons (Fsp3) is 0.182. The third kappa shape index (κ3) is 4.48. The summed E-state index contributed by atoms with van der Waals surface area (Å²) in [5.41, 5.74) is 2.60. The number of nitrogens with one attached hydrogen (secondary N) is 2. The van der Waals surface area contributed by atoms with Crippen molar-refractivity contribution >= 4 is 17.4 Å². The third-order valence-electron chi connectivity index (χ3n) is 4.00. The first kappa shape index (κ1) is 17.7. The predicted octanol–water partition coefficient (Wildman–Crippen LogP) is 4.67. The number of amides is 1. The molecule has 1 aromatic heterocycles. The maximum absolute atomic E-state index is 13.0. The molecule has 1 heterocycles. The second kappa shape index (κ2) is 8.30. The van der Waals surface area contributed by atoms with Gasteiger partial charge in [-0.05, 0) is 37.1 Å². The van der Waals surface area contributed by atoms with Gasteiger partial charge in [0.2, 0.25) is 5.91 Å². The van der Waals surface area contributed by atoms with E-state index in [1.165, 1.54) is 0 Å². The van der Waals surface area contributed by atoms with Gasteiger partial charge < -0.3 is 10.6 Å². The maximum Gasteiger partial charge on any atom is 0.236 e. The molecular formula is C22H23N3O. The Balaban J connectivity index is 1.82. The highest BCUT2D eigenvalue weighted by Crippen LogP contribution is 2.26. The van der Waals surface area contributed by atoms with Gasteiger partial charge >= 0.3 is 0 Å². The molecule has 2 N–H and O–H groups in total. The molecule has 0 aliphatic rings. The molecule has 0 spiro atoms. The van der Waals surface area contributed by atoms with Crippen molar-refractivity contribution in [2.75, 3.05) is 10.6 Å². The van der Waals surface area contributed by atoms with E-state index in [4.69, 9.17) is 0 Å². The maximum atomic E-state index is 13.0. The molecule has 0 aliphatic carbocycles. The highest BCUT2D eigenvalue weighted by atomic mass is 16.1. The van der Waals surface area contributed by atoms with E-state index in [1.54, 1.807) is 6.20 Å². The summed E-state index contributed by atoms with van der Waals surface area (Å²) in [7, 11) is 0. The van der Waals surface area contributed by atoms with Crippen LogP contribution in [0.25, 0.3) is 0 Å². The Kier molecular flexibility index (Phi) is 5.64. The summed E-state index contributed by atoms with van der Waals surface area (Å²) in [5, 5.41) is 6.23. The minimum absolute atomic E-state index is 0.0752. The van der Waals surface area contributed by atoms with Crippen LogP contribution in [0.4, 0.5) is 11.5 Å².